The molecule has 1 fully saturated rings. The van der Waals surface area contributed by atoms with Gasteiger partial charge in [-0.25, -0.2) is 15.0 Å². The Hall–Kier alpha value is -3.80. The summed E-state index contributed by atoms with van der Waals surface area (Å²) in [6, 6.07) is 5.66. The minimum atomic E-state index is 0.159. The number of nitrogens with zero attached hydrogens (tertiary/aromatic N) is 7. The minimum absolute atomic E-state index is 0.159. The van der Waals surface area contributed by atoms with E-state index in [0.717, 1.165) is 5.69 Å². The van der Waals surface area contributed by atoms with Crippen molar-refractivity contribution < 1.29 is 4.79 Å². The maximum Gasteiger partial charge on any atom is 0.227 e. The lowest BCUT2D eigenvalue weighted by atomic mass is 10.1. The number of pyridine rings is 1. The second-order valence-corrected chi connectivity index (χ2v) is 6.21. The number of aromatic nitrogens is 5. The number of nitriles is 1. The molecule has 1 saturated heterocycles. The summed E-state index contributed by atoms with van der Waals surface area (Å²) in [5, 5.41) is 16.7. The summed E-state index contributed by atoms with van der Waals surface area (Å²) < 4.78 is 1.68. The third-order valence-corrected chi connectivity index (χ3v) is 4.23. The fraction of sp³-hybridized carbons (Fsp3) is 0.222. The first-order valence-electron chi connectivity index (χ1n) is 8.38. The van der Waals surface area contributed by atoms with Gasteiger partial charge >= 0.3 is 0 Å². The molecule has 1 N–H and O–H groups in total. The first-order valence-corrected chi connectivity index (χ1v) is 8.38. The third kappa shape index (κ3) is 3.46. The van der Waals surface area contributed by atoms with Crippen LogP contribution in [0.2, 0.25) is 0 Å². The molecule has 9 heteroatoms. The van der Waals surface area contributed by atoms with Crippen LogP contribution in [0.25, 0.3) is 11.3 Å². The van der Waals surface area contributed by atoms with Crippen molar-refractivity contribution in [1.29, 1.82) is 5.26 Å². The second kappa shape index (κ2) is 6.84. The molecule has 0 saturated carbocycles. The van der Waals surface area contributed by atoms with E-state index >= 15 is 0 Å². The highest BCUT2D eigenvalue weighted by Gasteiger charge is 2.23. The maximum absolute atomic E-state index is 11.5. The molecule has 3 aromatic heterocycles. The lowest BCUT2D eigenvalue weighted by Crippen LogP contribution is -2.21. The van der Waals surface area contributed by atoms with E-state index in [0.29, 0.717) is 48.1 Å². The van der Waals surface area contributed by atoms with Crippen LogP contribution in [-0.2, 0) is 11.8 Å². The predicted octanol–water partition coefficient (Wildman–Crippen LogP) is 1.67. The van der Waals surface area contributed by atoms with Crippen molar-refractivity contribution in [3.05, 3.63) is 42.5 Å². The molecule has 0 amide bonds. The Morgan fingerprint density at radius 3 is 2.89 bits per heavy atom. The number of anilines is 3. The van der Waals surface area contributed by atoms with Crippen LogP contribution in [0.4, 0.5) is 17.5 Å². The summed E-state index contributed by atoms with van der Waals surface area (Å²) in [6.07, 6.45) is 7.29. The first-order chi connectivity index (χ1) is 13.1. The van der Waals surface area contributed by atoms with Gasteiger partial charge in [-0.1, -0.05) is 0 Å². The number of carbonyl (C=O) groups is 1. The molecule has 1 aliphatic rings. The van der Waals surface area contributed by atoms with Gasteiger partial charge in [-0.3, -0.25) is 9.48 Å². The highest BCUT2D eigenvalue weighted by atomic mass is 16.1. The molecule has 134 valence electrons. The highest BCUT2D eigenvalue weighted by molar-refractivity contribution is 5.87. The summed E-state index contributed by atoms with van der Waals surface area (Å²) in [4.78, 5) is 26.5. The molecule has 9 nitrogen and oxygen atoms in total. The van der Waals surface area contributed by atoms with Crippen LogP contribution in [0.1, 0.15) is 12.0 Å². The van der Waals surface area contributed by atoms with Gasteiger partial charge in [-0.05, 0) is 12.1 Å². The van der Waals surface area contributed by atoms with E-state index < -0.39 is 0 Å². The average molecular weight is 360 g/mol. The lowest BCUT2D eigenvalue weighted by Gasteiger charge is -2.17. The Kier molecular flexibility index (Phi) is 4.22. The highest BCUT2D eigenvalue weighted by Crippen LogP contribution is 2.26. The van der Waals surface area contributed by atoms with Gasteiger partial charge in [0.25, 0.3) is 0 Å². The van der Waals surface area contributed by atoms with E-state index in [1.807, 2.05) is 18.1 Å². The maximum atomic E-state index is 11.5. The molecule has 0 aromatic carbocycles. The lowest BCUT2D eigenvalue weighted by molar-refractivity contribution is -0.116. The van der Waals surface area contributed by atoms with Crippen LogP contribution < -0.4 is 10.2 Å². The molecule has 0 aliphatic carbocycles. The molecule has 0 spiro atoms. The van der Waals surface area contributed by atoms with Gasteiger partial charge in [-0.2, -0.15) is 10.4 Å². The molecular formula is C18H16N8O. The zero-order valence-electron chi connectivity index (χ0n) is 14.6. The first kappa shape index (κ1) is 16.7. The minimum Gasteiger partial charge on any atom is -0.348 e. The van der Waals surface area contributed by atoms with E-state index in [1.54, 1.807) is 35.4 Å². The van der Waals surface area contributed by atoms with Crippen molar-refractivity contribution in [3.8, 4) is 17.3 Å². The van der Waals surface area contributed by atoms with Gasteiger partial charge in [0, 0.05) is 44.2 Å². The van der Waals surface area contributed by atoms with Crippen LogP contribution in [-0.4, -0.2) is 43.6 Å². The Morgan fingerprint density at radius 1 is 1.30 bits per heavy atom. The number of aryl methyl sites for hydroxylation is 1. The summed E-state index contributed by atoms with van der Waals surface area (Å²) in [7, 11) is 1.83. The summed E-state index contributed by atoms with van der Waals surface area (Å²) >= 11 is 0. The largest absolute Gasteiger partial charge is 0.348 e. The summed E-state index contributed by atoms with van der Waals surface area (Å²) in [5.41, 5.74) is 2.55. The number of rotatable bonds is 4. The normalized spacial score (nSPS) is 13.6. The van der Waals surface area contributed by atoms with E-state index in [4.69, 9.17) is 0 Å². The number of hydrogen-bond donors (Lipinski definition) is 1. The summed E-state index contributed by atoms with van der Waals surface area (Å²) in [5.74, 6) is 1.12. The third-order valence-electron chi connectivity index (χ3n) is 4.23. The number of hydrogen-bond acceptors (Lipinski definition) is 8. The molecule has 3 aromatic rings. The van der Waals surface area contributed by atoms with Crippen molar-refractivity contribution in [2.45, 2.75) is 6.42 Å². The Labute approximate surface area is 155 Å². The predicted molar refractivity (Wildman–Crippen MR) is 98.3 cm³/mol. The fourth-order valence-electron chi connectivity index (χ4n) is 2.94. The number of Topliss-reactive ketones (excluding diaryl/α,β-unsaturated/α-hetero) is 1. The van der Waals surface area contributed by atoms with Gasteiger partial charge in [0.2, 0.25) is 5.95 Å². The van der Waals surface area contributed by atoms with E-state index in [2.05, 4.69) is 31.4 Å². The molecular weight excluding hydrogens is 344 g/mol. The van der Waals surface area contributed by atoms with Crippen molar-refractivity contribution >= 4 is 23.2 Å². The van der Waals surface area contributed by atoms with Gasteiger partial charge < -0.3 is 10.2 Å². The van der Waals surface area contributed by atoms with E-state index in [9.17, 15) is 10.1 Å². The van der Waals surface area contributed by atoms with Crippen molar-refractivity contribution in [2.75, 3.05) is 23.3 Å². The van der Waals surface area contributed by atoms with Crippen molar-refractivity contribution in [1.82, 2.24) is 24.7 Å². The van der Waals surface area contributed by atoms with Crippen molar-refractivity contribution in [3.63, 3.8) is 0 Å². The SMILES string of the molecule is Cn1cc(Nc2nccc(-c3cnc(N4CCC(=O)C4)c(C#N)c3)n2)cn1. The monoisotopic (exact) mass is 360 g/mol. The Balaban J connectivity index is 1.62. The van der Waals surface area contributed by atoms with Gasteiger partial charge in [0.1, 0.15) is 11.9 Å². The van der Waals surface area contributed by atoms with Crippen LogP contribution in [0.3, 0.4) is 0 Å². The van der Waals surface area contributed by atoms with Gasteiger partial charge in [0.05, 0.1) is 29.7 Å². The van der Waals surface area contributed by atoms with Crippen LogP contribution in [0.5, 0.6) is 0 Å². The molecule has 4 heterocycles. The number of carbonyl (C=O) groups excluding carboxylic acids is 1. The van der Waals surface area contributed by atoms with E-state index in [-0.39, 0.29) is 5.78 Å². The molecule has 4 rings (SSSR count). The van der Waals surface area contributed by atoms with Gasteiger partial charge in [-0.15, -0.1) is 0 Å². The molecule has 27 heavy (non-hydrogen) atoms. The molecule has 0 bridgehead atoms. The second-order valence-electron chi connectivity index (χ2n) is 6.21. The molecule has 0 atom stereocenters. The van der Waals surface area contributed by atoms with Crippen molar-refractivity contribution in [2.24, 2.45) is 7.05 Å². The topological polar surface area (TPSA) is 113 Å². The van der Waals surface area contributed by atoms with Crippen LogP contribution >= 0.6 is 0 Å². The van der Waals surface area contributed by atoms with E-state index in [1.165, 1.54) is 0 Å². The van der Waals surface area contributed by atoms with Crippen LogP contribution in [0.15, 0.2) is 36.9 Å². The molecule has 0 radical (unpaired) electrons. The zero-order chi connectivity index (χ0) is 18.8. The zero-order valence-corrected chi connectivity index (χ0v) is 14.6. The van der Waals surface area contributed by atoms with Crippen LogP contribution in [0, 0.1) is 11.3 Å². The quantitative estimate of drug-likeness (QED) is 0.747. The Bertz CT molecular complexity index is 1050. The summed E-state index contributed by atoms with van der Waals surface area (Å²) in [6.45, 7) is 0.889. The number of nitrogens with one attached hydrogen (secondary N) is 1. The standard InChI is InChI=1S/C18H16N8O/c1-25-10-14(9-22-25)23-18-20-4-2-16(24-18)13-6-12(7-19)17(21-8-13)26-5-3-15(27)11-26/h2,4,6,8-10H,3,5,11H2,1H3,(H,20,23,24). The molecule has 1 aliphatic heterocycles. The molecule has 0 unspecified atom stereocenters. The average Bonchev–Trinajstić information content (AvgIpc) is 3.29. The number of ketones is 1. The fourth-order valence-corrected chi connectivity index (χ4v) is 2.94. The van der Waals surface area contributed by atoms with Gasteiger partial charge in [0.15, 0.2) is 5.78 Å². The smallest absolute Gasteiger partial charge is 0.227 e. The Morgan fingerprint density at radius 2 is 2.19 bits per heavy atom.